The van der Waals surface area contributed by atoms with E-state index in [1.807, 2.05) is 13.8 Å². The van der Waals surface area contributed by atoms with Crippen LogP contribution in [0.2, 0.25) is 0 Å². The molecule has 20 heavy (non-hydrogen) atoms. The van der Waals surface area contributed by atoms with Crippen molar-refractivity contribution in [2.45, 2.75) is 38.5 Å². The Kier molecular flexibility index (Phi) is 4.08. The fourth-order valence-corrected chi connectivity index (χ4v) is 2.44. The van der Waals surface area contributed by atoms with Crippen LogP contribution < -0.4 is 5.32 Å². The number of aliphatic hydroxyl groups is 2. The molecule has 0 spiro atoms. The van der Waals surface area contributed by atoms with Gasteiger partial charge in [-0.15, -0.1) is 0 Å². The van der Waals surface area contributed by atoms with Gasteiger partial charge in [0.1, 0.15) is 0 Å². The zero-order chi connectivity index (χ0) is 14.9. The topological polar surface area (TPSA) is 95.6 Å². The van der Waals surface area contributed by atoms with Crippen molar-refractivity contribution in [1.29, 1.82) is 0 Å². The number of nitrogens with one attached hydrogen (secondary N) is 1. The molecule has 1 aliphatic rings. The van der Waals surface area contributed by atoms with E-state index in [4.69, 9.17) is 0 Å². The monoisotopic (exact) mass is 280 g/mol. The zero-order valence-electron chi connectivity index (χ0n) is 11.6. The molecule has 3 N–H and O–H groups in total. The Balaban J connectivity index is 1.89. The summed E-state index contributed by atoms with van der Waals surface area (Å²) in [6.45, 7) is 4.33. The second kappa shape index (κ2) is 5.47. The van der Waals surface area contributed by atoms with E-state index in [1.165, 1.54) is 12.1 Å². The number of benzene rings is 1. The van der Waals surface area contributed by atoms with Gasteiger partial charge in [-0.3, -0.25) is 10.1 Å². The highest BCUT2D eigenvalue weighted by Crippen LogP contribution is 2.40. The molecule has 6 nitrogen and oxygen atoms in total. The summed E-state index contributed by atoms with van der Waals surface area (Å²) in [7, 11) is 0. The molecule has 6 heteroatoms. The van der Waals surface area contributed by atoms with Crippen molar-refractivity contribution in [2.24, 2.45) is 5.41 Å². The van der Waals surface area contributed by atoms with Gasteiger partial charge in [-0.1, -0.05) is 13.8 Å². The molecule has 0 aromatic heterocycles. The van der Waals surface area contributed by atoms with E-state index in [0.29, 0.717) is 18.5 Å². The zero-order valence-corrected chi connectivity index (χ0v) is 11.6. The summed E-state index contributed by atoms with van der Waals surface area (Å²) in [5, 5.41) is 33.5. The third kappa shape index (κ3) is 2.82. The summed E-state index contributed by atoms with van der Waals surface area (Å²) in [6, 6.07) is 6.06. The molecule has 1 fully saturated rings. The van der Waals surface area contributed by atoms with Gasteiger partial charge < -0.3 is 15.5 Å². The van der Waals surface area contributed by atoms with E-state index in [2.05, 4.69) is 5.32 Å². The average molecular weight is 280 g/mol. The van der Waals surface area contributed by atoms with Crippen LogP contribution in [0.1, 0.15) is 31.9 Å². The molecule has 0 saturated heterocycles. The Hall–Kier alpha value is -1.50. The van der Waals surface area contributed by atoms with Crippen molar-refractivity contribution < 1.29 is 15.1 Å². The minimum Gasteiger partial charge on any atom is -0.392 e. The Labute approximate surface area is 117 Å². The highest BCUT2D eigenvalue weighted by molar-refractivity contribution is 5.33. The number of hydrogen-bond donors (Lipinski definition) is 3. The number of hydrogen-bond acceptors (Lipinski definition) is 5. The second-order valence-corrected chi connectivity index (χ2v) is 5.90. The summed E-state index contributed by atoms with van der Waals surface area (Å²) in [5.41, 5.74) is 0.466. The van der Waals surface area contributed by atoms with Crippen LogP contribution in [0.4, 0.5) is 5.69 Å². The molecular formula is C14H20N2O4. The largest absolute Gasteiger partial charge is 0.392 e. The van der Waals surface area contributed by atoms with E-state index in [1.54, 1.807) is 12.1 Å². The van der Waals surface area contributed by atoms with Crippen LogP contribution in [-0.4, -0.2) is 33.8 Å². The Morgan fingerprint density at radius 1 is 1.45 bits per heavy atom. The van der Waals surface area contributed by atoms with Gasteiger partial charge in [0.15, 0.2) is 0 Å². The minimum absolute atomic E-state index is 0.0113. The summed E-state index contributed by atoms with van der Waals surface area (Å²) in [5.74, 6) is 0. The van der Waals surface area contributed by atoms with Gasteiger partial charge in [-0.25, -0.2) is 0 Å². The molecule has 0 bridgehead atoms. The number of nitrogens with zero attached hydrogens (tertiary/aromatic N) is 1. The lowest BCUT2D eigenvalue weighted by Crippen LogP contribution is -2.60. The number of rotatable bonds is 5. The third-order valence-electron chi connectivity index (χ3n) is 4.26. The van der Waals surface area contributed by atoms with Crippen molar-refractivity contribution in [3.8, 4) is 0 Å². The summed E-state index contributed by atoms with van der Waals surface area (Å²) in [6.07, 6.45) is -0.346. The van der Waals surface area contributed by atoms with Crippen LogP contribution in [0, 0.1) is 15.5 Å². The number of non-ortho nitro benzene ring substituents is 1. The maximum Gasteiger partial charge on any atom is 0.269 e. The number of nitro groups is 1. The van der Waals surface area contributed by atoms with Gasteiger partial charge in [-0.2, -0.15) is 0 Å². The van der Waals surface area contributed by atoms with Crippen molar-refractivity contribution in [3.05, 3.63) is 39.9 Å². The van der Waals surface area contributed by atoms with Gasteiger partial charge >= 0.3 is 0 Å². The van der Waals surface area contributed by atoms with Crippen LogP contribution >= 0.6 is 0 Å². The fraction of sp³-hybridized carbons (Fsp3) is 0.571. The van der Waals surface area contributed by atoms with Crippen molar-refractivity contribution in [1.82, 2.24) is 5.32 Å². The number of nitro benzene ring substituents is 1. The maximum absolute atomic E-state index is 10.6. The molecule has 0 aliphatic heterocycles. The smallest absolute Gasteiger partial charge is 0.269 e. The molecule has 1 aromatic carbocycles. The van der Waals surface area contributed by atoms with Gasteiger partial charge in [0.25, 0.3) is 5.69 Å². The van der Waals surface area contributed by atoms with E-state index in [9.17, 15) is 20.3 Å². The average Bonchev–Trinajstić information content (AvgIpc) is 2.43. The minimum atomic E-state index is -0.718. The van der Waals surface area contributed by atoms with Crippen LogP contribution in [-0.2, 0) is 0 Å². The third-order valence-corrected chi connectivity index (χ3v) is 4.26. The standard InChI is InChI=1S/C14H20N2O4/c1-14(2)12(7-13(14)18)15-8-11(17)9-3-5-10(6-4-9)16(19)20/h3-6,11-13,15,17-18H,7-8H2,1-2H3. The predicted molar refractivity (Wildman–Crippen MR) is 74.3 cm³/mol. The van der Waals surface area contributed by atoms with Gasteiger partial charge in [0, 0.05) is 30.1 Å². The Morgan fingerprint density at radius 2 is 2.05 bits per heavy atom. The molecule has 110 valence electrons. The van der Waals surface area contributed by atoms with Gasteiger partial charge in [-0.05, 0) is 24.1 Å². The normalized spacial score (nSPS) is 25.8. The van der Waals surface area contributed by atoms with Gasteiger partial charge in [0.05, 0.1) is 17.1 Å². The van der Waals surface area contributed by atoms with E-state index < -0.39 is 11.0 Å². The van der Waals surface area contributed by atoms with Crippen molar-refractivity contribution in [2.75, 3.05) is 6.54 Å². The van der Waals surface area contributed by atoms with Crippen LogP contribution in [0.5, 0.6) is 0 Å². The quantitative estimate of drug-likeness (QED) is 0.559. The summed E-state index contributed by atoms with van der Waals surface area (Å²) in [4.78, 5) is 10.1. The Morgan fingerprint density at radius 3 is 2.50 bits per heavy atom. The lowest BCUT2D eigenvalue weighted by atomic mass is 9.64. The fourth-order valence-electron chi connectivity index (χ4n) is 2.44. The SMILES string of the molecule is CC1(C)C(O)CC1NCC(O)c1ccc([N+](=O)[O-])cc1. The van der Waals surface area contributed by atoms with Crippen molar-refractivity contribution >= 4 is 5.69 Å². The van der Waals surface area contributed by atoms with E-state index >= 15 is 0 Å². The first-order valence-electron chi connectivity index (χ1n) is 6.66. The molecule has 0 heterocycles. The Bertz CT molecular complexity index is 486. The predicted octanol–water partition coefficient (Wildman–Crippen LogP) is 1.38. The van der Waals surface area contributed by atoms with E-state index in [-0.39, 0.29) is 23.2 Å². The first-order chi connectivity index (χ1) is 9.32. The van der Waals surface area contributed by atoms with E-state index in [0.717, 1.165) is 0 Å². The highest BCUT2D eigenvalue weighted by atomic mass is 16.6. The molecule has 1 aliphatic carbocycles. The van der Waals surface area contributed by atoms with Gasteiger partial charge in [0.2, 0.25) is 0 Å². The lowest BCUT2D eigenvalue weighted by molar-refractivity contribution is -0.384. The molecule has 0 amide bonds. The van der Waals surface area contributed by atoms with Crippen LogP contribution in [0.15, 0.2) is 24.3 Å². The molecule has 0 radical (unpaired) electrons. The maximum atomic E-state index is 10.6. The molecule has 2 rings (SSSR count). The molecule has 1 saturated carbocycles. The highest BCUT2D eigenvalue weighted by Gasteiger charge is 2.46. The first kappa shape index (κ1) is 14.9. The molecule has 3 atom stereocenters. The summed E-state index contributed by atoms with van der Waals surface area (Å²) < 4.78 is 0. The first-order valence-corrected chi connectivity index (χ1v) is 6.66. The summed E-state index contributed by atoms with van der Waals surface area (Å²) >= 11 is 0. The van der Waals surface area contributed by atoms with Crippen LogP contribution in [0.25, 0.3) is 0 Å². The molecular weight excluding hydrogens is 260 g/mol. The number of aliphatic hydroxyl groups excluding tert-OH is 2. The second-order valence-electron chi connectivity index (χ2n) is 5.90. The molecule has 3 unspecified atom stereocenters. The van der Waals surface area contributed by atoms with Crippen molar-refractivity contribution in [3.63, 3.8) is 0 Å². The lowest BCUT2D eigenvalue weighted by Gasteiger charge is -2.50. The van der Waals surface area contributed by atoms with Crippen LogP contribution in [0.3, 0.4) is 0 Å². The molecule has 1 aromatic rings.